The number of benzene rings is 4. The first kappa shape index (κ1) is 31.7. The van der Waals surface area contributed by atoms with Crippen molar-refractivity contribution in [2.24, 2.45) is 5.10 Å². The molecule has 0 fully saturated rings. The fourth-order valence-electron chi connectivity index (χ4n) is 3.75. The summed E-state index contributed by atoms with van der Waals surface area (Å²) in [7, 11) is -2.59. The summed E-state index contributed by atoms with van der Waals surface area (Å²) in [6.45, 7) is -0.326. The summed E-state index contributed by atoms with van der Waals surface area (Å²) >= 11 is 21.7. The molecule has 0 heterocycles. The molecule has 4 aromatic carbocycles. The van der Waals surface area contributed by atoms with Crippen LogP contribution in [0, 0.1) is 0 Å². The van der Waals surface area contributed by atoms with Gasteiger partial charge in [-0.1, -0.05) is 65.1 Å². The Morgan fingerprint density at radius 2 is 1.74 bits per heavy atom. The third-order valence-electron chi connectivity index (χ3n) is 5.74. The van der Waals surface area contributed by atoms with Crippen LogP contribution >= 0.6 is 50.7 Å². The fraction of sp³-hybridized carbons (Fsp3) is 0.103. The molecule has 0 aliphatic heterocycles. The number of carbonyl (C=O) groups is 1. The highest BCUT2D eigenvalue weighted by atomic mass is 79.9. The van der Waals surface area contributed by atoms with E-state index in [4.69, 9.17) is 44.3 Å². The minimum atomic E-state index is -4.08. The molecule has 4 aromatic rings. The van der Waals surface area contributed by atoms with Crippen molar-refractivity contribution in [3.63, 3.8) is 0 Å². The van der Waals surface area contributed by atoms with Gasteiger partial charge in [-0.3, -0.25) is 9.10 Å². The van der Waals surface area contributed by atoms with Gasteiger partial charge in [0.2, 0.25) is 0 Å². The second-order valence-corrected chi connectivity index (χ2v) is 12.6. The van der Waals surface area contributed by atoms with Crippen LogP contribution in [0.2, 0.25) is 15.1 Å². The molecule has 0 saturated carbocycles. The topological polar surface area (TPSA) is 97.3 Å². The van der Waals surface area contributed by atoms with Crippen LogP contribution in [-0.4, -0.2) is 34.2 Å². The van der Waals surface area contributed by atoms with Crippen LogP contribution in [0.15, 0.2) is 99.4 Å². The smallest absolute Gasteiger partial charge is 0.264 e. The monoisotopic (exact) mass is 709 g/mol. The van der Waals surface area contributed by atoms with E-state index in [1.807, 2.05) is 0 Å². The molecule has 0 atom stereocenters. The van der Waals surface area contributed by atoms with Gasteiger partial charge in [0.1, 0.15) is 13.2 Å². The molecular weight excluding hydrogens is 689 g/mol. The average Bonchev–Trinajstić information content (AvgIpc) is 2.97. The quantitative estimate of drug-likeness (QED) is 0.130. The Labute approximate surface area is 267 Å². The number of amides is 1. The van der Waals surface area contributed by atoms with Crippen LogP contribution in [0.4, 0.5) is 5.69 Å². The first-order valence-electron chi connectivity index (χ1n) is 12.2. The highest BCUT2D eigenvalue weighted by Gasteiger charge is 2.27. The Morgan fingerprint density at radius 1 is 0.976 bits per heavy atom. The molecule has 0 bridgehead atoms. The summed E-state index contributed by atoms with van der Waals surface area (Å²) in [5.41, 5.74) is 4.00. The minimum Gasteiger partial charge on any atom is -0.493 e. The van der Waals surface area contributed by atoms with Crippen LogP contribution in [0.5, 0.6) is 11.5 Å². The van der Waals surface area contributed by atoms with E-state index in [2.05, 4.69) is 26.5 Å². The molecule has 0 aromatic heterocycles. The maximum absolute atomic E-state index is 13.4. The number of nitrogens with zero attached hydrogens (tertiary/aromatic N) is 2. The largest absolute Gasteiger partial charge is 0.493 e. The van der Waals surface area contributed by atoms with E-state index in [1.54, 1.807) is 66.7 Å². The third-order valence-corrected chi connectivity index (χ3v) is 9.09. The first-order chi connectivity index (χ1) is 20.1. The van der Waals surface area contributed by atoms with E-state index in [0.717, 1.165) is 9.87 Å². The molecular formula is C29H23BrCl3N3O5S. The third kappa shape index (κ3) is 7.96. The van der Waals surface area contributed by atoms with Gasteiger partial charge in [-0.15, -0.1) is 0 Å². The minimum absolute atomic E-state index is 0.0275. The molecule has 42 heavy (non-hydrogen) atoms. The molecule has 0 radical (unpaired) electrons. The van der Waals surface area contributed by atoms with Crippen LogP contribution in [0.25, 0.3) is 0 Å². The number of methoxy groups -OCH3 is 1. The van der Waals surface area contributed by atoms with Gasteiger partial charge in [-0.25, -0.2) is 13.8 Å². The second-order valence-electron chi connectivity index (χ2n) is 8.67. The highest BCUT2D eigenvalue weighted by molar-refractivity contribution is 9.10. The zero-order valence-electron chi connectivity index (χ0n) is 21.9. The zero-order chi connectivity index (χ0) is 30.3. The Morgan fingerprint density at radius 3 is 2.43 bits per heavy atom. The molecule has 1 amide bonds. The van der Waals surface area contributed by atoms with E-state index in [1.165, 1.54) is 31.5 Å². The number of hydrogen-bond donors (Lipinski definition) is 1. The number of sulfonamides is 1. The van der Waals surface area contributed by atoms with E-state index >= 15 is 0 Å². The van der Waals surface area contributed by atoms with E-state index in [0.29, 0.717) is 36.6 Å². The average molecular weight is 712 g/mol. The number of rotatable bonds is 11. The Balaban J connectivity index is 1.48. The van der Waals surface area contributed by atoms with E-state index in [-0.39, 0.29) is 17.2 Å². The normalized spacial score (nSPS) is 11.4. The van der Waals surface area contributed by atoms with Crippen molar-refractivity contribution < 1.29 is 22.7 Å². The molecule has 218 valence electrons. The second kappa shape index (κ2) is 14.3. The number of anilines is 1. The van der Waals surface area contributed by atoms with Crippen molar-refractivity contribution in [3.05, 3.63) is 116 Å². The Bertz CT molecular complexity index is 1720. The van der Waals surface area contributed by atoms with Gasteiger partial charge < -0.3 is 9.47 Å². The highest BCUT2D eigenvalue weighted by Crippen LogP contribution is 2.37. The van der Waals surface area contributed by atoms with E-state index in [9.17, 15) is 13.2 Å². The Kier molecular flexibility index (Phi) is 10.7. The van der Waals surface area contributed by atoms with Gasteiger partial charge in [0, 0.05) is 5.02 Å². The lowest BCUT2D eigenvalue weighted by atomic mass is 10.2. The SMILES string of the molecule is COc1cc(/C=N\NC(=O)CN(c2cccc(Cl)c2)S(=O)(=O)c2ccccc2)cc(Br)c1OCc1ccc(Cl)c(Cl)c1. The van der Waals surface area contributed by atoms with Crippen LogP contribution in [0.3, 0.4) is 0 Å². The number of carbonyl (C=O) groups excluding carboxylic acids is 1. The van der Waals surface area contributed by atoms with E-state index < -0.39 is 22.5 Å². The summed E-state index contributed by atoms with van der Waals surface area (Å²) in [4.78, 5) is 12.9. The number of halogens is 4. The maximum Gasteiger partial charge on any atom is 0.264 e. The molecule has 8 nitrogen and oxygen atoms in total. The summed E-state index contributed by atoms with van der Waals surface area (Å²) in [5.74, 6) is 0.199. The fourth-order valence-corrected chi connectivity index (χ4v) is 6.26. The van der Waals surface area contributed by atoms with Crippen molar-refractivity contribution in [2.75, 3.05) is 18.0 Å². The van der Waals surface area contributed by atoms with Crippen molar-refractivity contribution in [1.82, 2.24) is 5.43 Å². The summed E-state index contributed by atoms with van der Waals surface area (Å²) in [5, 5.41) is 5.20. The summed E-state index contributed by atoms with van der Waals surface area (Å²) in [6, 6.07) is 22.6. The summed E-state index contributed by atoms with van der Waals surface area (Å²) < 4.78 is 39.8. The van der Waals surface area contributed by atoms with Gasteiger partial charge in [0.25, 0.3) is 15.9 Å². The standard InChI is InChI=1S/C29H23BrCl3N3O5S/c1-40-27-14-20(12-24(30)29(27)41-18-19-10-11-25(32)26(33)13-19)16-34-35-28(37)17-36(22-7-5-6-21(31)15-22)42(38,39)23-8-3-2-4-9-23/h2-16H,17-18H2,1H3,(H,35,37)/b34-16-. The van der Waals surface area contributed by atoms with Gasteiger partial charge in [-0.05, 0) is 81.7 Å². The predicted octanol–water partition coefficient (Wildman–Crippen LogP) is 7.34. The zero-order valence-corrected chi connectivity index (χ0v) is 26.6. The van der Waals surface area contributed by atoms with Crippen molar-refractivity contribution in [2.45, 2.75) is 11.5 Å². The molecule has 0 spiro atoms. The lowest BCUT2D eigenvalue weighted by Gasteiger charge is -2.23. The number of hydrazone groups is 1. The van der Waals surface area contributed by atoms with Gasteiger partial charge in [0.05, 0.1) is 38.4 Å². The number of hydrogen-bond acceptors (Lipinski definition) is 6. The van der Waals surface area contributed by atoms with Gasteiger partial charge in [-0.2, -0.15) is 5.10 Å². The molecule has 1 N–H and O–H groups in total. The van der Waals surface area contributed by atoms with Crippen LogP contribution in [-0.2, 0) is 21.4 Å². The molecule has 0 saturated heterocycles. The first-order valence-corrected chi connectivity index (χ1v) is 15.5. The van der Waals surface area contributed by atoms with Gasteiger partial charge in [0.15, 0.2) is 11.5 Å². The molecule has 0 aliphatic carbocycles. The number of ether oxygens (including phenoxy) is 2. The van der Waals surface area contributed by atoms with Crippen molar-refractivity contribution in [1.29, 1.82) is 0 Å². The maximum atomic E-state index is 13.4. The van der Waals surface area contributed by atoms with Crippen molar-refractivity contribution in [3.8, 4) is 11.5 Å². The lowest BCUT2D eigenvalue weighted by molar-refractivity contribution is -0.119. The van der Waals surface area contributed by atoms with Crippen molar-refractivity contribution >= 4 is 78.6 Å². The molecule has 0 unspecified atom stereocenters. The Hall–Kier alpha value is -3.28. The van der Waals surface area contributed by atoms with Crippen LogP contribution < -0.4 is 19.2 Å². The van der Waals surface area contributed by atoms with Gasteiger partial charge >= 0.3 is 0 Å². The molecule has 4 rings (SSSR count). The predicted molar refractivity (Wildman–Crippen MR) is 170 cm³/mol. The lowest BCUT2D eigenvalue weighted by Crippen LogP contribution is -2.39. The summed E-state index contributed by atoms with van der Waals surface area (Å²) in [6.07, 6.45) is 1.39. The molecule has 0 aliphatic rings. The van der Waals surface area contributed by atoms with Crippen LogP contribution in [0.1, 0.15) is 11.1 Å². The number of nitrogens with one attached hydrogen (secondary N) is 1. The molecule has 13 heteroatoms.